The zero-order valence-electron chi connectivity index (χ0n) is 16.7. The molecule has 160 valence electrons. The van der Waals surface area contributed by atoms with Gasteiger partial charge in [-0.15, -0.1) is 0 Å². The molecule has 1 fully saturated rings. The summed E-state index contributed by atoms with van der Waals surface area (Å²) in [7, 11) is -3.28. The number of aromatic amines is 1. The molecule has 0 aliphatic carbocycles. The molecule has 1 saturated heterocycles. The molecule has 1 aliphatic rings. The molecular formula is C20H20N6O4S. The number of benzene rings is 1. The Morgan fingerprint density at radius 1 is 1.26 bits per heavy atom. The van der Waals surface area contributed by atoms with Gasteiger partial charge in [-0.05, 0) is 18.2 Å². The number of ether oxygens (including phenoxy) is 2. The lowest BCUT2D eigenvalue weighted by Gasteiger charge is -2.30. The molecule has 1 N–H and O–H groups in total. The number of hydrogen-bond acceptors (Lipinski definition) is 8. The minimum absolute atomic E-state index is 0.148. The van der Waals surface area contributed by atoms with Crippen LogP contribution in [0.4, 0.5) is 0 Å². The first kappa shape index (κ1) is 19.8. The van der Waals surface area contributed by atoms with Crippen molar-refractivity contribution in [2.45, 2.75) is 6.10 Å². The molecule has 1 aromatic carbocycles. The summed E-state index contributed by atoms with van der Waals surface area (Å²) < 4.78 is 36.8. The predicted molar refractivity (Wildman–Crippen MR) is 114 cm³/mol. The van der Waals surface area contributed by atoms with E-state index in [0.29, 0.717) is 35.8 Å². The summed E-state index contributed by atoms with van der Waals surface area (Å²) in [6, 6.07) is 7.74. The van der Waals surface area contributed by atoms with Crippen molar-refractivity contribution in [3.05, 3.63) is 42.9 Å². The second-order valence-electron chi connectivity index (χ2n) is 7.33. The van der Waals surface area contributed by atoms with Gasteiger partial charge in [-0.2, -0.15) is 9.40 Å². The maximum Gasteiger partial charge on any atom is 0.242 e. The van der Waals surface area contributed by atoms with Crippen LogP contribution in [0.3, 0.4) is 0 Å². The molecule has 3 aromatic heterocycles. The van der Waals surface area contributed by atoms with Gasteiger partial charge in [0, 0.05) is 36.4 Å². The average molecular weight is 440 g/mol. The Hall–Kier alpha value is -3.15. The van der Waals surface area contributed by atoms with Gasteiger partial charge < -0.3 is 9.47 Å². The van der Waals surface area contributed by atoms with Crippen LogP contribution in [0.5, 0.6) is 5.88 Å². The summed E-state index contributed by atoms with van der Waals surface area (Å²) in [5.74, 6) is 0.327. The van der Waals surface area contributed by atoms with Crippen molar-refractivity contribution in [1.29, 1.82) is 0 Å². The predicted octanol–water partition coefficient (Wildman–Crippen LogP) is 1.61. The second-order valence-corrected chi connectivity index (χ2v) is 9.32. The molecule has 0 amide bonds. The highest BCUT2D eigenvalue weighted by Gasteiger charge is 2.27. The Morgan fingerprint density at radius 3 is 3.00 bits per heavy atom. The van der Waals surface area contributed by atoms with Crippen LogP contribution in [0.25, 0.3) is 33.2 Å². The highest BCUT2D eigenvalue weighted by atomic mass is 32.2. The lowest BCUT2D eigenvalue weighted by molar-refractivity contribution is -0.0252. The van der Waals surface area contributed by atoms with Crippen molar-refractivity contribution in [3.63, 3.8) is 0 Å². The summed E-state index contributed by atoms with van der Waals surface area (Å²) in [5.41, 5.74) is 3.70. The summed E-state index contributed by atoms with van der Waals surface area (Å²) in [4.78, 5) is 13.4. The Balaban J connectivity index is 1.45. The molecular weight excluding hydrogens is 420 g/mol. The van der Waals surface area contributed by atoms with Gasteiger partial charge in [-0.25, -0.2) is 18.4 Å². The number of H-pyrrole nitrogens is 1. The Labute approximate surface area is 178 Å². The number of hydrogen-bond donors (Lipinski definition) is 1. The van der Waals surface area contributed by atoms with Crippen molar-refractivity contribution in [1.82, 2.24) is 29.5 Å². The molecule has 11 heteroatoms. The number of nitrogens with one attached hydrogen (secondary N) is 1. The number of morpholine rings is 1. The average Bonchev–Trinajstić information content (AvgIpc) is 3.25. The molecule has 31 heavy (non-hydrogen) atoms. The van der Waals surface area contributed by atoms with Gasteiger partial charge in [0.25, 0.3) is 0 Å². The fourth-order valence-corrected chi connectivity index (χ4v) is 4.40. The number of nitrogens with zero attached hydrogens (tertiary/aromatic N) is 5. The quantitative estimate of drug-likeness (QED) is 0.496. The Kier molecular flexibility index (Phi) is 5.00. The van der Waals surface area contributed by atoms with Crippen LogP contribution in [0.15, 0.2) is 42.9 Å². The van der Waals surface area contributed by atoms with E-state index in [4.69, 9.17) is 9.47 Å². The number of fused-ring (bicyclic) bond motifs is 2. The van der Waals surface area contributed by atoms with Crippen LogP contribution in [-0.2, 0) is 14.8 Å². The molecule has 4 heterocycles. The van der Waals surface area contributed by atoms with E-state index in [2.05, 4.69) is 25.1 Å². The highest BCUT2D eigenvalue weighted by molar-refractivity contribution is 7.88. The van der Waals surface area contributed by atoms with E-state index >= 15 is 0 Å². The van der Waals surface area contributed by atoms with E-state index in [0.717, 1.165) is 16.5 Å². The van der Waals surface area contributed by atoms with E-state index < -0.39 is 16.1 Å². The number of pyridine rings is 1. The summed E-state index contributed by atoms with van der Waals surface area (Å²) >= 11 is 0. The topological polar surface area (TPSA) is 123 Å². The zero-order chi connectivity index (χ0) is 21.4. The molecule has 1 atom stereocenters. The number of rotatable bonds is 5. The Morgan fingerprint density at radius 2 is 2.13 bits per heavy atom. The third-order valence-electron chi connectivity index (χ3n) is 5.14. The highest BCUT2D eigenvalue weighted by Crippen LogP contribution is 2.28. The van der Waals surface area contributed by atoms with Crippen molar-refractivity contribution in [2.75, 3.05) is 32.6 Å². The molecule has 4 aromatic rings. The van der Waals surface area contributed by atoms with E-state index in [1.54, 1.807) is 18.6 Å². The Bertz CT molecular complexity index is 1360. The maximum atomic E-state index is 11.8. The summed E-state index contributed by atoms with van der Waals surface area (Å²) in [6.45, 7) is 1.04. The van der Waals surface area contributed by atoms with Gasteiger partial charge in [0.1, 0.15) is 12.7 Å². The molecule has 0 unspecified atom stereocenters. The first-order chi connectivity index (χ1) is 15.0. The number of sulfonamides is 1. The lowest BCUT2D eigenvalue weighted by Crippen LogP contribution is -2.47. The van der Waals surface area contributed by atoms with Crippen LogP contribution in [0.2, 0.25) is 0 Å². The largest absolute Gasteiger partial charge is 0.473 e. The van der Waals surface area contributed by atoms with Crippen LogP contribution in [-0.4, -0.2) is 76.5 Å². The second kappa shape index (κ2) is 7.84. The first-order valence-electron chi connectivity index (χ1n) is 9.72. The van der Waals surface area contributed by atoms with Crippen molar-refractivity contribution >= 4 is 32.0 Å². The zero-order valence-corrected chi connectivity index (χ0v) is 17.5. The van der Waals surface area contributed by atoms with Gasteiger partial charge in [0.05, 0.1) is 35.8 Å². The van der Waals surface area contributed by atoms with Crippen molar-refractivity contribution < 1.29 is 17.9 Å². The van der Waals surface area contributed by atoms with E-state index in [1.807, 2.05) is 24.3 Å². The van der Waals surface area contributed by atoms with Crippen molar-refractivity contribution in [2.24, 2.45) is 0 Å². The van der Waals surface area contributed by atoms with Gasteiger partial charge in [-0.3, -0.25) is 10.1 Å². The van der Waals surface area contributed by atoms with Gasteiger partial charge >= 0.3 is 0 Å². The van der Waals surface area contributed by atoms with Crippen molar-refractivity contribution in [3.8, 4) is 17.1 Å². The van der Waals surface area contributed by atoms with Crippen LogP contribution < -0.4 is 4.74 Å². The van der Waals surface area contributed by atoms with E-state index in [1.165, 1.54) is 10.6 Å². The van der Waals surface area contributed by atoms with E-state index in [-0.39, 0.29) is 13.2 Å². The molecule has 0 spiro atoms. The number of aromatic nitrogens is 5. The normalized spacial score (nSPS) is 17.9. The fraction of sp³-hybridized carbons (Fsp3) is 0.300. The first-order valence-corrected chi connectivity index (χ1v) is 11.6. The van der Waals surface area contributed by atoms with Crippen LogP contribution in [0.1, 0.15) is 0 Å². The smallest absolute Gasteiger partial charge is 0.242 e. The minimum Gasteiger partial charge on any atom is -0.473 e. The third kappa shape index (κ3) is 4.07. The molecule has 0 radical (unpaired) electrons. The molecule has 0 saturated carbocycles. The third-order valence-corrected chi connectivity index (χ3v) is 6.41. The standard InChI is InChI=1S/C20H20N6O4S/c1-31(27,28)26-6-7-29-15(11-26)12-30-20-19-18(21-4-5-22-19)9-17(24-20)13-2-3-16-14(8-13)10-23-25-16/h2-5,8-10,15H,6-7,11-12H2,1H3,(H,23,25)/t15-/m0/s1. The van der Waals surface area contributed by atoms with Gasteiger partial charge in [0.2, 0.25) is 15.9 Å². The minimum atomic E-state index is -3.28. The fourth-order valence-electron chi connectivity index (χ4n) is 3.56. The van der Waals surface area contributed by atoms with Crippen LogP contribution >= 0.6 is 0 Å². The summed E-state index contributed by atoms with van der Waals surface area (Å²) in [6.07, 6.45) is 5.75. The SMILES string of the molecule is CS(=O)(=O)N1CCO[C@H](COc2nc(-c3ccc4[nH]ncc4c3)cc3nccnc23)C1. The molecule has 0 bridgehead atoms. The van der Waals surface area contributed by atoms with Gasteiger partial charge in [0.15, 0.2) is 5.52 Å². The lowest BCUT2D eigenvalue weighted by atomic mass is 10.1. The molecule has 10 nitrogen and oxygen atoms in total. The summed E-state index contributed by atoms with van der Waals surface area (Å²) in [5, 5.41) is 7.96. The molecule has 1 aliphatic heterocycles. The monoisotopic (exact) mass is 440 g/mol. The molecule has 5 rings (SSSR count). The van der Waals surface area contributed by atoms with Gasteiger partial charge in [-0.1, -0.05) is 6.07 Å². The maximum absolute atomic E-state index is 11.8. The van der Waals surface area contributed by atoms with E-state index in [9.17, 15) is 8.42 Å². The van der Waals surface area contributed by atoms with Crippen LogP contribution in [0, 0.1) is 0 Å².